The molecule has 6 heteroatoms. The highest BCUT2D eigenvalue weighted by molar-refractivity contribution is 5.79. The van der Waals surface area contributed by atoms with Gasteiger partial charge in [0.15, 0.2) is 11.6 Å². The van der Waals surface area contributed by atoms with E-state index in [9.17, 15) is 9.18 Å². The van der Waals surface area contributed by atoms with Gasteiger partial charge in [0, 0.05) is 12.1 Å². The van der Waals surface area contributed by atoms with E-state index in [1.807, 2.05) is 0 Å². The van der Waals surface area contributed by atoms with Crippen LogP contribution in [0.15, 0.2) is 29.5 Å². The molecule has 86 valence electrons. The Hall–Kier alpha value is -2.37. The fourth-order valence-electron chi connectivity index (χ4n) is 1.84. The van der Waals surface area contributed by atoms with Crippen LogP contribution in [0.1, 0.15) is 0 Å². The Morgan fingerprint density at radius 3 is 3.00 bits per heavy atom. The normalized spacial score (nSPS) is 11.2. The van der Waals surface area contributed by atoms with Crippen LogP contribution in [0.4, 0.5) is 4.39 Å². The third-order valence-corrected chi connectivity index (χ3v) is 2.65. The van der Waals surface area contributed by atoms with Crippen LogP contribution in [0, 0.1) is 5.82 Å². The van der Waals surface area contributed by atoms with E-state index in [0.717, 1.165) is 0 Å². The Balaban J connectivity index is 2.56. The molecule has 3 aromatic rings. The number of rotatable bonds is 1. The largest absolute Gasteiger partial charge is 0.494 e. The summed E-state index contributed by atoms with van der Waals surface area (Å²) in [4.78, 5) is 18.1. The predicted octanol–water partition coefficient (Wildman–Crippen LogP) is 1.32. The van der Waals surface area contributed by atoms with Crippen LogP contribution in [-0.4, -0.2) is 21.5 Å². The van der Waals surface area contributed by atoms with Gasteiger partial charge in [-0.15, -0.1) is 0 Å². The molecule has 0 unspecified atom stereocenters. The van der Waals surface area contributed by atoms with Crippen LogP contribution in [0.2, 0.25) is 0 Å². The number of ether oxygens (including phenoxy) is 1. The van der Waals surface area contributed by atoms with Crippen LogP contribution in [0.25, 0.3) is 16.6 Å². The monoisotopic (exact) mass is 233 g/mol. The molecule has 0 bridgehead atoms. The van der Waals surface area contributed by atoms with Gasteiger partial charge in [-0.2, -0.15) is 0 Å². The van der Waals surface area contributed by atoms with Gasteiger partial charge in [-0.3, -0.25) is 9.20 Å². The van der Waals surface area contributed by atoms with Gasteiger partial charge in [-0.05, 0) is 0 Å². The molecule has 1 N–H and O–H groups in total. The molecule has 0 atom stereocenters. The lowest BCUT2D eigenvalue weighted by Crippen LogP contribution is -2.09. The molecule has 17 heavy (non-hydrogen) atoms. The molecule has 0 fully saturated rings. The van der Waals surface area contributed by atoms with Crippen LogP contribution in [0.5, 0.6) is 5.75 Å². The van der Waals surface area contributed by atoms with Gasteiger partial charge < -0.3 is 9.72 Å². The second-order valence-electron chi connectivity index (χ2n) is 3.61. The van der Waals surface area contributed by atoms with Crippen LogP contribution in [-0.2, 0) is 0 Å². The number of aromatic nitrogens is 3. The molecule has 0 aliphatic rings. The Kier molecular flexibility index (Phi) is 1.91. The third kappa shape index (κ3) is 1.30. The maximum absolute atomic E-state index is 13.5. The van der Waals surface area contributed by atoms with E-state index >= 15 is 0 Å². The third-order valence-electron chi connectivity index (χ3n) is 2.65. The van der Waals surface area contributed by atoms with Crippen molar-refractivity contribution in [3.63, 3.8) is 0 Å². The molecule has 2 aromatic heterocycles. The summed E-state index contributed by atoms with van der Waals surface area (Å²) in [5.74, 6) is -0.394. The van der Waals surface area contributed by atoms with Crippen molar-refractivity contribution in [3.8, 4) is 5.75 Å². The average molecular weight is 233 g/mol. The van der Waals surface area contributed by atoms with Crippen molar-refractivity contribution < 1.29 is 9.13 Å². The van der Waals surface area contributed by atoms with Gasteiger partial charge in [-0.25, -0.2) is 9.37 Å². The van der Waals surface area contributed by atoms with Gasteiger partial charge >= 0.3 is 0 Å². The Morgan fingerprint density at radius 1 is 1.41 bits per heavy atom. The zero-order valence-corrected chi connectivity index (χ0v) is 8.90. The molecule has 0 saturated carbocycles. The summed E-state index contributed by atoms with van der Waals surface area (Å²) < 4.78 is 20.0. The van der Waals surface area contributed by atoms with Crippen molar-refractivity contribution in [2.24, 2.45) is 0 Å². The number of hydrogen-bond acceptors (Lipinski definition) is 3. The SMILES string of the molecule is COc1cc2c(cc1F)[nH]c(=O)c1cncn12. The molecule has 3 rings (SSSR count). The first-order valence-electron chi connectivity index (χ1n) is 4.92. The van der Waals surface area contributed by atoms with E-state index < -0.39 is 5.82 Å². The number of H-pyrrole nitrogens is 1. The summed E-state index contributed by atoms with van der Waals surface area (Å²) in [6.45, 7) is 0. The first-order valence-corrected chi connectivity index (χ1v) is 4.92. The molecule has 5 nitrogen and oxygen atoms in total. The van der Waals surface area contributed by atoms with E-state index in [-0.39, 0.29) is 11.3 Å². The lowest BCUT2D eigenvalue weighted by atomic mass is 10.2. The summed E-state index contributed by atoms with van der Waals surface area (Å²) in [5, 5.41) is 0. The van der Waals surface area contributed by atoms with E-state index in [1.165, 1.54) is 31.8 Å². The van der Waals surface area contributed by atoms with Crippen LogP contribution in [0.3, 0.4) is 0 Å². The highest BCUT2D eigenvalue weighted by Gasteiger charge is 2.10. The molecule has 0 spiro atoms. The van der Waals surface area contributed by atoms with Crippen molar-refractivity contribution in [1.29, 1.82) is 0 Å². The van der Waals surface area contributed by atoms with Crippen molar-refractivity contribution in [1.82, 2.24) is 14.4 Å². The summed E-state index contributed by atoms with van der Waals surface area (Å²) in [7, 11) is 1.39. The second kappa shape index (κ2) is 3.31. The average Bonchev–Trinajstić information content (AvgIpc) is 2.78. The van der Waals surface area contributed by atoms with E-state index in [0.29, 0.717) is 16.6 Å². The zero-order chi connectivity index (χ0) is 12.0. The lowest BCUT2D eigenvalue weighted by Gasteiger charge is -2.06. The topological polar surface area (TPSA) is 59.4 Å². The molecule has 2 heterocycles. The Bertz CT molecular complexity index is 775. The van der Waals surface area contributed by atoms with Gasteiger partial charge in [0.05, 0.1) is 30.7 Å². The van der Waals surface area contributed by atoms with Gasteiger partial charge in [0.25, 0.3) is 5.56 Å². The molecular weight excluding hydrogens is 225 g/mol. The number of aromatic amines is 1. The number of hydrogen-bond donors (Lipinski definition) is 1. The minimum Gasteiger partial charge on any atom is -0.494 e. The molecule has 0 radical (unpaired) electrons. The summed E-state index contributed by atoms with van der Waals surface area (Å²) in [6, 6.07) is 2.75. The highest BCUT2D eigenvalue weighted by atomic mass is 19.1. The first-order chi connectivity index (χ1) is 8.20. The first kappa shape index (κ1) is 9.83. The number of nitrogens with zero attached hydrogens (tertiary/aromatic N) is 2. The minimum absolute atomic E-state index is 0.125. The van der Waals surface area contributed by atoms with Gasteiger partial charge in [0.1, 0.15) is 5.52 Å². The van der Waals surface area contributed by atoms with Gasteiger partial charge in [-0.1, -0.05) is 0 Å². The fourth-order valence-corrected chi connectivity index (χ4v) is 1.84. The highest BCUT2D eigenvalue weighted by Crippen LogP contribution is 2.22. The number of fused-ring (bicyclic) bond motifs is 3. The maximum Gasteiger partial charge on any atom is 0.274 e. The van der Waals surface area contributed by atoms with Crippen molar-refractivity contribution in [3.05, 3.63) is 40.8 Å². The number of nitrogens with one attached hydrogen (secondary N) is 1. The maximum atomic E-state index is 13.5. The molecule has 0 saturated heterocycles. The molecule has 0 amide bonds. The predicted molar refractivity (Wildman–Crippen MR) is 59.8 cm³/mol. The fraction of sp³-hybridized carbons (Fsp3) is 0.0909. The molecule has 0 aliphatic carbocycles. The van der Waals surface area contributed by atoms with E-state index in [4.69, 9.17) is 4.74 Å². The number of halogens is 1. The summed E-state index contributed by atoms with van der Waals surface area (Å²) in [5.41, 5.74) is 1.14. The van der Waals surface area contributed by atoms with E-state index in [1.54, 1.807) is 4.40 Å². The van der Waals surface area contributed by atoms with Crippen molar-refractivity contribution >= 4 is 16.6 Å². The minimum atomic E-state index is -0.518. The zero-order valence-electron chi connectivity index (χ0n) is 8.90. The second-order valence-corrected chi connectivity index (χ2v) is 3.61. The Labute approximate surface area is 94.5 Å². The standard InChI is InChI=1S/C11H8FN3O2/c1-17-10-3-8-7(2-6(10)12)14-11(16)9-4-13-5-15(8)9/h2-5H,1H3,(H,14,16). The quantitative estimate of drug-likeness (QED) is 0.689. The van der Waals surface area contributed by atoms with Crippen molar-refractivity contribution in [2.45, 2.75) is 0 Å². The van der Waals surface area contributed by atoms with E-state index in [2.05, 4.69) is 9.97 Å². The Morgan fingerprint density at radius 2 is 2.24 bits per heavy atom. The van der Waals surface area contributed by atoms with Crippen molar-refractivity contribution in [2.75, 3.05) is 7.11 Å². The van der Waals surface area contributed by atoms with Crippen LogP contribution >= 0.6 is 0 Å². The molecule has 0 aliphatic heterocycles. The lowest BCUT2D eigenvalue weighted by molar-refractivity contribution is 0.387. The molecular formula is C11H8FN3O2. The number of imidazole rings is 1. The smallest absolute Gasteiger partial charge is 0.274 e. The summed E-state index contributed by atoms with van der Waals surface area (Å²) >= 11 is 0. The van der Waals surface area contributed by atoms with Gasteiger partial charge in [0.2, 0.25) is 0 Å². The number of methoxy groups -OCH3 is 1. The molecule has 1 aromatic carbocycles. The summed E-state index contributed by atoms with van der Waals surface area (Å²) in [6.07, 6.45) is 2.96. The number of benzene rings is 1. The van der Waals surface area contributed by atoms with Crippen LogP contribution < -0.4 is 10.3 Å².